The van der Waals surface area contributed by atoms with Crippen LogP contribution < -0.4 is 0 Å². The first-order chi connectivity index (χ1) is 8.96. The molecule has 1 saturated heterocycles. The quantitative estimate of drug-likeness (QED) is 0.833. The van der Waals surface area contributed by atoms with Crippen LogP contribution >= 0.6 is 27.3 Å². The van der Waals surface area contributed by atoms with Crippen molar-refractivity contribution in [1.82, 2.24) is 14.4 Å². The van der Waals surface area contributed by atoms with Crippen molar-refractivity contribution in [2.75, 3.05) is 13.1 Å². The van der Waals surface area contributed by atoms with Crippen molar-refractivity contribution in [3.8, 4) is 0 Å². The molecule has 1 aliphatic rings. The minimum absolute atomic E-state index is 0.000576. The molecule has 9 heteroatoms. The summed E-state index contributed by atoms with van der Waals surface area (Å²) in [4.78, 5) is 4.12. The van der Waals surface area contributed by atoms with Crippen molar-refractivity contribution in [2.24, 2.45) is 0 Å². The van der Waals surface area contributed by atoms with E-state index in [1.165, 1.54) is 15.6 Å². The van der Waals surface area contributed by atoms with Crippen LogP contribution in [0.2, 0.25) is 0 Å². The zero-order valence-electron chi connectivity index (χ0n) is 9.91. The van der Waals surface area contributed by atoms with E-state index in [1.54, 1.807) is 19.1 Å². The number of halogens is 1. The van der Waals surface area contributed by atoms with E-state index in [0.29, 0.717) is 29.0 Å². The minimum Gasteiger partial charge on any atom is -0.339 e. The van der Waals surface area contributed by atoms with Crippen LogP contribution in [0.4, 0.5) is 0 Å². The van der Waals surface area contributed by atoms with Crippen LogP contribution in [-0.4, -0.2) is 36.0 Å². The van der Waals surface area contributed by atoms with Crippen LogP contribution in [0.1, 0.15) is 17.6 Å². The molecule has 0 radical (unpaired) electrons. The fraction of sp³-hybridized carbons (Fsp3) is 0.400. The second-order valence-electron chi connectivity index (χ2n) is 4.26. The highest BCUT2D eigenvalue weighted by Gasteiger charge is 2.40. The second kappa shape index (κ2) is 4.65. The Kier molecular flexibility index (Phi) is 3.24. The minimum atomic E-state index is -3.38. The van der Waals surface area contributed by atoms with Gasteiger partial charge in [-0.3, -0.25) is 0 Å². The molecule has 0 N–H and O–H groups in total. The monoisotopic (exact) mass is 363 g/mol. The molecule has 3 rings (SSSR count). The summed E-state index contributed by atoms with van der Waals surface area (Å²) in [5.74, 6) is 1.08. The van der Waals surface area contributed by atoms with Gasteiger partial charge in [0.1, 0.15) is 4.21 Å². The predicted molar refractivity (Wildman–Crippen MR) is 72.6 cm³/mol. The van der Waals surface area contributed by atoms with Crippen molar-refractivity contribution in [3.63, 3.8) is 0 Å². The first kappa shape index (κ1) is 13.2. The lowest BCUT2D eigenvalue weighted by Gasteiger charge is -2.35. The molecular formula is C10H10BrN3O3S2. The summed E-state index contributed by atoms with van der Waals surface area (Å²) < 4.78 is 32.1. The average Bonchev–Trinajstić information content (AvgIpc) is 2.85. The maximum atomic E-state index is 12.3. The Hall–Kier alpha value is -0.770. The lowest BCUT2D eigenvalue weighted by Crippen LogP contribution is -2.48. The number of aromatic nitrogens is 2. The summed E-state index contributed by atoms with van der Waals surface area (Å²) in [6.45, 7) is 2.52. The van der Waals surface area contributed by atoms with Gasteiger partial charge in [0.05, 0.1) is 9.70 Å². The molecule has 0 atom stereocenters. The number of hydrogen-bond donors (Lipinski definition) is 0. The third kappa shape index (κ3) is 2.35. The summed E-state index contributed by atoms with van der Waals surface area (Å²) in [5.41, 5.74) is 0. The lowest BCUT2D eigenvalue weighted by atomic mass is 10.0. The molecule has 2 aromatic rings. The molecule has 2 aromatic heterocycles. The van der Waals surface area contributed by atoms with Crippen molar-refractivity contribution >= 4 is 37.3 Å². The number of aryl methyl sites for hydroxylation is 1. The van der Waals surface area contributed by atoms with Crippen molar-refractivity contribution in [2.45, 2.75) is 17.1 Å². The van der Waals surface area contributed by atoms with E-state index in [2.05, 4.69) is 26.1 Å². The third-order valence-electron chi connectivity index (χ3n) is 2.88. The molecule has 0 saturated carbocycles. The molecular weight excluding hydrogens is 354 g/mol. The average molecular weight is 364 g/mol. The van der Waals surface area contributed by atoms with Gasteiger partial charge in [-0.05, 0) is 35.0 Å². The Morgan fingerprint density at radius 1 is 1.47 bits per heavy atom. The van der Waals surface area contributed by atoms with Crippen LogP contribution in [0.3, 0.4) is 0 Å². The van der Waals surface area contributed by atoms with E-state index in [-0.39, 0.29) is 5.92 Å². The van der Waals surface area contributed by atoms with Crippen LogP contribution in [0, 0.1) is 6.92 Å². The Morgan fingerprint density at radius 2 is 2.21 bits per heavy atom. The van der Waals surface area contributed by atoms with Crippen LogP contribution in [0.15, 0.2) is 24.7 Å². The molecule has 1 fully saturated rings. The number of nitrogens with zero attached hydrogens (tertiary/aromatic N) is 3. The first-order valence-electron chi connectivity index (χ1n) is 5.52. The van der Waals surface area contributed by atoms with Crippen molar-refractivity contribution in [3.05, 3.63) is 27.6 Å². The highest BCUT2D eigenvalue weighted by molar-refractivity contribution is 9.11. The summed E-state index contributed by atoms with van der Waals surface area (Å²) in [5, 5.41) is 3.71. The van der Waals surface area contributed by atoms with Gasteiger partial charge in [0, 0.05) is 13.1 Å². The van der Waals surface area contributed by atoms with E-state index in [0.717, 1.165) is 3.79 Å². The molecule has 102 valence electrons. The summed E-state index contributed by atoms with van der Waals surface area (Å²) in [6.07, 6.45) is 0. The molecule has 19 heavy (non-hydrogen) atoms. The SMILES string of the molecule is Cc1noc(C2CN(S(=O)(=O)c3ccc(Br)s3)C2)n1. The van der Waals surface area contributed by atoms with Gasteiger partial charge in [-0.25, -0.2) is 8.42 Å². The van der Waals surface area contributed by atoms with Crippen LogP contribution in [0.5, 0.6) is 0 Å². The topological polar surface area (TPSA) is 76.3 Å². The fourth-order valence-electron chi connectivity index (χ4n) is 1.83. The largest absolute Gasteiger partial charge is 0.339 e. The van der Waals surface area contributed by atoms with Crippen molar-refractivity contribution < 1.29 is 12.9 Å². The van der Waals surface area contributed by atoms with Crippen LogP contribution in [0.25, 0.3) is 0 Å². The van der Waals surface area contributed by atoms with Gasteiger partial charge in [-0.1, -0.05) is 5.16 Å². The van der Waals surface area contributed by atoms with Gasteiger partial charge >= 0.3 is 0 Å². The Balaban J connectivity index is 1.73. The zero-order valence-corrected chi connectivity index (χ0v) is 13.1. The molecule has 6 nitrogen and oxygen atoms in total. The van der Waals surface area contributed by atoms with Gasteiger partial charge < -0.3 is 4.52 Å². The standard InChI is InChI=1S/C10H10BrN3O3S2/c1-6-12-10(17-13-6)7-4-14(5-7)19(15,16)9-3-2-8(11)18-9/h2-3,7H,4-5H2,1H3. The molecule has 1 aliphatic heterocycles. The highest BCUT2D eigenvalue weighted by atomic mass is 79.9. The maximum Gasteiger partial charge on any atom is 0.252 e. The second-order valence-corrected chi connectivity index (χ2v) is 8.89. The molecule has 0 amide bonds. The summed E-state index contributed by atoms with van der Waals surface area (Å²) >= 11 is 4.48. The molecule has 0 spiro atoms. The van der Waals surface area contributed by atoms with E-state index in [9.17, 15) is 8.42 Å². The Bertz CT molecular complexity index is 703. The fourth-order valence-corrected chi connectivity index (χ4v) is 5.53. The smallest absolute Gasteiger partial charge is 0.252 e. The third-order valence-corrected chi connectivity index (χ3v) is 6.81. The van der Waals surface area contributed by atoms with Gasteiger partial charge in [0.2, 0.25) is 5.89 Å². The lowest BCUT2D eigenvalue weighted by molar-refractivity contribution is 0.217. The van der Waals surface area contributed by atoms with Crippen molar-refractivity contribution in [1.29, 1.82) is 0 Å². The molecule has 0 aromatic carbocycles. The maximum absolute atomic E-state index is 12.3. The zero-order chi connectivity index (χ0) is 13.6. The predicted octanol–water partition coefficient (Wildman–Crippen LogP) is 1.99. The highest BCUT2D eigenvalue weighted by Crippen LogP contribution is 2.34. The number of rotatable bonds is 3. The molecule has 0 aliphatic carbocycles. The van der Waals surface area contributed by atoms with E-state index >= 15 is 0 Å². The normalized spacial score (nSPS) is 17.6. The van der Waals surface area contributed by atoms with E-state index in [4.69, 9.17) is 4.52 Å². The Labute approximate surface area is 122 Å². The number of thiophene rings is 1. The first-order valence-corrected chi connectivity index (χ1v) is 8.57. The van der Waals surface area contributed by atoms with Gasteiger partial charge in [-0.15, -0.1) is 11.3 Å². The van der Waals surface area contributed by atoms with E-state index < -0.39 is 10.0 Å². The van der Waals surface area contributed by atoms with Gasteiger partial charge in [-0.2, -0.15) is 9.29 Å². The number of sulfonamides is 1. The van der Waals surface area contributed by atoms with Crippen LogP contribution in [-0.2, 0) is 10.0 Å². The Morgan fingerprint density at radius 3 is 2.74 bits per heavy atom. The van der Waals surface area contributed by atoms with E-state index in [1.807, 2.05) is 0 Å². The molecule has 0 bridgehead atoms. The summed E-state index contributed by atoms with van der Waals surface area (Å²) in [7, 11) is -3.38. The molecule has 3 heterocycles. The summed E-state index contributed by atoms with van der Waals surface area (Å²) in [6, 6.07) is 3.34. The number of hydrogen-bond acceptors (Lipinski definition) is 6. The van der Waals surface area contributed by atoms with Gasteiger partial charge in [0.15, 0.2) is 5.82 Å². The van der Waals surface area contributed by atoms with Gasteiger partial charge in [0.25, 0.3) is 10.0 Å². The molecule has 0 unspecified atom stereocenters.